The summed E-state index contributed by atoms with van der Waals surface area (Å²) in [4.78, 5) is 21.9. The molecule has 0 saturated heterocycles. The SMILES string of the molecule is [C-]#[N+]C(C(=O)OC)=C1c2cc(-c3ccc(N(c4ccc(C(C)(C)C)cc4)c4ccc(C(C)(C)C)cc4)cc3)ccc2-c2ccc(-c3ccc(N(c4ccc(C(C)(C)C)cc4)c4ccc(C(C)(C)C)cc4)cc3)cc21. The third kappa shape index (κ3) is 10.2. The van der Waals surface area contributed by atoms with Gasteiger partial charge in [0.15, 0.2) is 0 Å². The minimum Gasteiger partial charge on any atom is -0.474 e. The van der Waals surface area contributed by atoms with Crippen LogP contribution in [0.1, 0.15) is 116 Å². The molecule has 0 bridgehead atoms. The summed E-state index contributed by atoms with van der Waals surface area (Å²) < 4.78 is 5.26. The molecule has 0 spiro atoms. The van der Waals surface area contributed by atoms with Gasteiger partial charge in [-0.05, 0) is 173 Å². The van der Waals surface area contributed by atoms with E-state index in [1.807, 2.05) is 0 Å². The number of anilines is 6. The van der Waals surface area contributed by atoms with E-state index in [9.17, 15) is 4.79 Å². The second-order valence-electron chi connectivity index (χ2n) is 23.8. The Morgan fingerprint density at radius 2 is 0.608 bits per heavy atom. The Hall–Kier alpha value is -7.94. The van der Waals surface area contributed by atoms with Gasteiger partial charge in [0.05, 0.1) is 13.7 Å². The first kappa shape index (κ1) is 51.0. The molecule has 0 saturated carbocycles. The predicted molar refractivity (Wildman–Crippen MR) is 312 cm³/mol. The van der Waals surface area contributed by atoms with E-state index in [0.717, 1.165) is 78.6 Å². The summed E-state index contributed by atoms with van der Waals surface area (Å²) in [6, 6.07) is 65.6. The number of esters is 1. The second-order valence-corrected chi connectivity index (χ2v) is 23.8. The highest BCUT2D eigenvalue weighted by molar-refractivity contribution is 6.12. The maximum Gasteiger partial charge on any atom is 0.336 e. The van der Waals surface area contributed by atoms with Gasteiger partial charge < -0.3 is 14.5 Å². The molecule has 0 aliphatic heterocycles. The van der Waals surface area contributed by atoms with E-state index in [2.05, 4.69) is 280 Å². The zero-order valence-corrected chi connectivity index (χ0v) is 45.5. The lowest BCUT2D eigenvalue weighted by Gasteiger charge is -2.28. The van der Waals surface area contributed by atoms with Gasteiger partial charge in [-0.15, -0.1) is 0 Å². The standard InChI is InChI=1S/C69H69N3O2/c1-66(2,3)49-21-33-55(34-22-49)71(56-35-23-50(24-36-56)67(4,5)6)53-29-15-45(16-30-53)47-19-41-59-60-42-20-48(44-62(60)63(61(59)43-47)64(70-13)65(73)74-14)46-17-31-54(32-18-46)72(57-37-25-51(26-38-57)68(7,8)9)58-39-27-52(28-40-58)69(10,11)12/h15-44H,1-12,14H3. The zero-order chi connectivity index (χ0) is 52.9. The average Bonchev–Trinajstić information content (AvgIpc) is 3.69. The Balaban J connectivity index is 1.06. The number of carbonyl (C=O) groups is 1. The van der Waals surface area contributed by atoms with Crippen molar-refractivity contribution in [2.75, 3.05) is 16.9 Å². The van der Waals surface area contributed by atoms with Crippen molar-refractivity contribution < 1.29 is 9.53 Å². The Morgan fingerprint density at radius 1 is 0.365 bits per heavy atom. The summed E-state index contributed by atoms with van der Waals surface area (Å²) in [7, 11) is 1.34. The number of hydrogen-bond donors (Lipinski definition) is 0. The molecule has 0 unspecified atom stereocenters. The van der Waals surface area contributed by atoms with Crippen LogP contribution in [0.4, 0.5) is 34.1 Å². The number of nitrogens with zero attached hydrogens (tertiary/aromatic N) is 3. The Kier molecular flexibility index (Phi) is 13.4. The Morgan fingerprint density at radius 3 is 0.838 bits per heavy atom. The number of benzene rings is 8. The molecule has 5 heteroatoms. The molecular formula is C69H69N3O2. The molecule has 0 radical (unpaired) electrons. The van der Waals surface area contributed by atoms with Gasteiger partial charge in [0.2, 0.25) is 0 Å². The molecule has 8 aromatic carbocycles. The molecule has 0 atom stereocenters. The van der Waals surface area contributed by atoms with E-state index in [0.29, 0.717) is 5.57 Å². The fraction of sp³-hybridized carbons (Fsp3) is 0.246. The summed E-state index contributed by atoms with van der Waals surface area (Å²) in [5.41, 5.74) is 19.8. The van der Waals surface area contributed by atoms with Crippen molar-refractivity contribution in [3.8, 4) is 33.4 Å². The minimum absolute atomic E-state index is 0.0382. The number of methoxy groups -OCH3 is 1. The van der Waals surface area contributed by atoms with Crippen LogP contribution < -0.4 is 9.80 Å². The number of rotatable bonds is 9. The minimum atomic E-state index is -0.657. The maximum atomic E-state index is 13.5. The summed E-state index contributed by atoms with van der Waals surface area (Å²) in [5, 5.41) is 0. The first-order valence-electron chi connectivity index (χ1n) is 25.8. The van der Waals surface area contributed by atoms with Crippen molar-refractivity contribution in [3.63, 3.8) is 0 Å². The Labute approximate surface area is 440 Å². The first-order valence-corrected chi connectivity index (χ1v) is 25.8. The molecule has 0 N–H and O–H groups in total. The third-order valence-corrected chi connectivity index (χ3v) is 14.5. The summed E-state index contributed by atoms with van der Waals surface area (Å²) in [6.45, 7) is 35.2. The zero-order valence-electron chi connectivity index (χ0n) is 45.5. The van der Waals surface area contributed by atoms with Gasteiger partial charge in [0, 0.05) is 39.7 Å². The highest BCUT2D eigenvalue weighted by Gasteiger charge is 2.31. The molecule has 0 amide bonds. The second kappa shape index (κ2) is 19.5. The van der Waals surface area contributed by atoms with Crippen LogP contribution in [-0.2, 0) is 31.2 Å². The lowest BCUT2D eigenvalue weighted by Crippen LogP contribution is -2.14. The fourth-order valence-corrected chi connectivity index (χ4v) is 9.97. The Bertz CT molecular complexity index is 3090. The highest BCUT2D eigenvalue weighted by atomic mass is 16.5. The highest BCUT2D eigenvalue weighted by Crippen LogP contribution is 2.49. The molecule has 0 fully saturated rings. The average molecular weight is 972 g/mol. The predicted octanol–water partition coefficient (Wildman–Crippen LogP) is 19.0. The number of ether oxygens (including phenoxy) is 1. The lowest BCUT2D eigenvalue weighted by molar-refractivity contribution is -0.135. The van der Waals surface area contributed by atoms with Gasteiger partial charge in [0.1, 0.15) is 0 Å². The van der Waals surface area contributed by atoms with Crippen LogP contribution in [0.2, 0.25) is 0 Å². The van der Waals surface area contributed by atoms with Gasteiger partial charge in [-0.25, -0.2) is 4.85 Å². The van der Waals surface area contributed by atoms with Crippen LogP contribution in [0.25, 0.3) is 43.8 Å². The molecule has 0 heterocycles. The van der Waals surface area contributed by atoms with Crippen LogP contribution >= 0.6 is 0 Å². The van der Waals surface area contributed by atoms with E-state index in [4.69, 9.17) is 11.3 Å². The first-order chi connectivity index (χ1) is 35.0. The van der Waals surface area contributed by atoms with Crippen LogP contribution in [0.3, 0.4) is 0 Å². The van der Waals surface area contributed by atoms with E-state index in [1.54, 1.807) is 0 Å². The largest absolute Gasteiger partial charge is 0.474 e. The number of fused-ring (bicyclic) bond motifs is 3. The summed E-state index contributed by atoms with van der Waals surface area (Å²) in [5.74, 6) is -0.657. The van der Waals surface area contributed by atoms with Gasteiger partial charge in [-0.1, -0.05) is 180 Å². The van der Waals surface area contributed by atoms with Crippen molar-refractivity contribution in [3.05, 3.63) is 232 Å². The quantitative estimate of drug-likeness (QED) is 0.0820. The van der Waals surface area contributed by atoms with Crippen LogP contribution in [0, 0.1) is 6.57 Å². The van der Waals surface area contributed by atoms with Crippen molar-refractivity contribution in [1.29, 1.82) is 0 Å². The van der Waals surface area contributed by atoms with E-state index >= 15 is 0 Å². The molecule has 1 aliphatic rings. The molecule has 9 rings (SSSR count). The monoisotopic (exact) mass is 972 g/mol. The molecular weight excluding hydrogens is 903 g/mol. The van der Waals surface area contributed by atoms with E-state index < -0.39 is 5.97 Å². The topological polar surface area (TPSA) is 37.1 Å². The normalized spacial score (nSPS) is 12.4. The van der Waals surface area contributed by atoms with E-state index in [1.165, 1.54) is 29.4 Å². The van der Waals surface area contributed by atoms with Gasteiger partial charge in [0.25, 0.3) is 5.70 Å². The summed E-state index contributed by atoms with van der Waals surface area (Å²) in [6.07, 6.45) is 0. The molecule has 0 aromatic heterocycles. The molecule has 8 aromatic rings. The van der Waals surface area contributed by atoms with Crippen LogP contribution in [-0.4, -0.2) is 13.1 Å². The molecule has 1 aliphatic carbocycles. The third-order valence-electron chi connectivity index (χ3n) is 14.5. The van der Waals surface area contributed by atoms with Crippen molar-refractivity contribution in [2.45, 2.75) is 105 Å². The fourth-order valence-electron chi connectivity index (χ4n) is 9.97. The van der Waals surface area contributed by atoms with Crippen molar-refractivity contribution in [1.82, 2.24) is 0 Å². The van der Waals surface area contributed by atoms with Gasteiger partial charge in [-0.3, -0.25) is 4.79 Å². The molecule has 74 heavy (non-hydrogen) atoms. The smallest absolute Gasteiger partial charge is 0.336 e. The summed E-state index contributed by atoms with van der Waals surface area (Å²) >= 11 is 0. The maximum absolute atomic E-state index is 13.5. The van der Waals surface area contributed by atoms with Crippen molar-refractivity contribution in [2.24, 2.45) is 0 Å². The van der Waals surface area contributed by atoms with E-state index in [-0.39, 0.29) is 27.4 Å². The van der Waals surface area contributed by atoms with Gasteiger partial charge >= 0.3 is 5.97 Å². The lowest BCUT2D eigenvalue weighted by atomic mass is 9.86. The van der Waals surface area contributed by atoms with Crippen molar-refractivity contribution >= 4 is 45.7 Å². The van der Waals surface area contributed by atoms with Crippen LogP contribution in [0.15, 0.2) is 188 Å². The van der Waals surface area contributed by atoms with Gasteiger partial charge in [-0.2, -0.15) is 0 Å². The number of carbonyl (C=O) groups excluding carboxylic acids is 1. The molecule has 372 valence electrons. The van der Waals surface area contributed by atoms with Crippen LogP contribution in [0.5, 0.6) is 0 Å². The molecule has 5 nitrogen and oxygen atoms in total. The number of hydrogen-bond acceptors (Lipinski definition) is 4.